The Hall–Kier alpha value is -1.51. The lowest BCUT2D eigenvalue weighted by Gasteiger charge is -2.43. The van der Waals surface area contributed by atoms with Crippen LogP contribution in [0.1, 0.15) is 45.7 Å². The standard InChI is InChI=1S/C16H23NO2/c1-15(2,3)19-14(18)17-11-13-9-7-6-8-12(13)10-16(17,4)5/h6-9H,10-11H2,1-5H3. The van der Waals surface area contributed by atoms with E-state index in [1.807, 2.05) is 31.7 Å². The first kappa shape index (κ1) is 13.9. The smallest absolute Gasteiger partial charge is 0.411 e. The summed E-state index contributed by atoms with van der Waals surface area (Å²) < 4.78 is 5.51. The van der Waals surface area contributed by atoms with Gasteiger partial charge in [-0.25, -0.2) is 4.79 Å². The monoisotopic (exact) mass is 261 g/mol. The van der Waals surface area contributed by atoms with Crippen LogP contribution in [0.2, 0.25) is 0 Å². The first-order valence-corrected chi connectivity index (χ1v) is 6.76. The fourth-order valence-electron chi connectivity index (χ4n) is 2.46. The summed E-state index contributed by atoms with van der Waals surface area (Å²) in [5.41, 5.74) is 1.88. The number of benzene rings is 1. The molecule has 0 unspecified atom stereocenters. The molecule has 1 aromatic rings. The number of carbonyl (C=O) groups excluding carboxylic acids is 1. The minimum absolute atomic E-state index is 0.212. The second kappa shape index (κ2) is 4.55. The molecule has 104 valence electrons. The molecular formula is C16H23NO2. The van der Waals surface area contributed by atoms with Gasteiger partial charge in [-0.05, 0) is 52.2 Å². The second-order valence-corrected chi connectivity index (χ2v) is 6.82. The van der Waals surface area contributed by atoms with Gasteiger partial charge < -0.3 is 4.74 Å². The van der Waals surface area contributed by atoms with E-state index in [-0.39, 0.29) is 11.6 Å². The first-order valence-electron chi connectivity index (χ1n) is 6.76. The molecule has 3 heteroatoms. The van der Waals surface area contributed by atoms with E-state index >= 15 is 0 Å². The molecule has 1 amide bonds. The molecular weight excluding hydrogens is 238 g/mol. The zero-order valence-corrected chi connectivity index (χ0v) is 12.5. The molecule has 0 fully saturated rings. The summed E-state index contributed by atoms with van der Waals surface area (Å²) in [5, 5.41) is 0. The summed E-state index contributed by atoms with van der Waals surface area (Å²) in [6.45, 7) is 10.5. The quantitative estimate of drug-likeness (QED) is 0.711. The third-order valence-electron chi connectivity index (χ3n) is 3.41. The Labute approximate surface area is 115 Å². The van der Waals surface area contributed by atoms with Gasteiger partial charge in [-0.15, -0.1) is 0 Å². The molecule has 3 nitrogen and oxygen atoms in total. The predicted molar refractivity (Wildman–Crippen MR) is 76.0 cm³/mol. The number of rotatable bonds is 0. The Kier molecular flexibility index (Phi) is 3.33. The molecule has 0 N–H and O–H groups in total. The maximum Gasteiger partial charge on any atom is 0.411 e. The number of hydrogen-bond acceptors (Lipinski definition) is 2. The van der Waals surface area contributed by atoms with Crippen LogP contribution >= 0.6 is 0 Å². The molecule has 19 heavy (non-hydrogen) atoms. The van der Waals surface area contributed by atoms with Crippen molar-refractivity contribution in [1.29, 1.82) is 0 Å². The number of amides is 1. The van der Waals surface area contributed by atoms with Crippen LogP contribution in [0.15, 0.2) is 24.3 Å². The van der Waals surface area contributed by atoms with Crippen LogP contribution in [0.3, 0.4) is 0 Å². The number of hydrogen-bond donors (Lipinski definition) is 0. The lowest BCUT2D eigenvalue weighted by molar-refractivity contribution is -0.00253. The molecule has 0 radical (unpaired) electrons. The van der Waals surface area contributed by atoms with Gasteiger partial charge in [0.2, 0.25) is 0 Å². The van der Waals surface area contributed by atoms with Gasteiger partial charge in [0.15, 0.2) is 0 Å². The zero-order chi connectivity index (χ0) is 14.3. The maximum absolute atomic E-state index is 12.3. The van der Waals surface area contributed by atoms with E-state index in [0.29, 0.717) is 6.54 Å². The van der Waals surface area contributed by atoms with Gasteiger partial charge in [-0.1, -0.05) is 24.3 Å². The predicted octanol–water partition coefficient (Wildman–Crippen LogP) is 3.76. The average Bonchev–Trinajstić information content (AvgIpc) is 2.24. The van der Waals surface area contributed by atoms with Crippen molar-refractivity contribution in [3.63, 3.8) is 0 Å². The highest BCUT2D eigenvalue weighted by molar-refractivity contribution is 5.70. The van der Waals surface area contributed by atoms with Gasteiger partial charge in [0.25, 0.3) is 0 Å². The van der Waals surface area contributed by atoms with Crippen LogP contribution in [0, 0.1) is 0 Å². The van der Waals surface area contributed by atoms with Crippen LogP contribution in [0.5, 0.6) is 0 Å². The van der Waals surface area contributed by atoms with Gasteiger partial charge in [-0.3, -0.25) is 4.90 Å². The molecule has 0 bridgehead atoms. The Morgan fingerprint density at radius 3 is 2.37 bits per heavy atom. The van der Waals surface area contributed by atoms with E-state index in [9.17, 15) is 4.79 Å². The SMILES string of the molecule is CC(C)(C)OC(=O)N1Cc2ccccc2CC1(C)C. The van der Waals surface area contributed by atoms with Crippen LogP contribution in [-0.4, -0.2) is 22.1 Å². The normalized spacial score (nSPS) is 17.8. The number of fused-ring (bicyclic) bond motifs is 1. The van der Waals surface area contributed by atoms with Crippen molar-refractivity contribution >= 4 is 6.09 Å². The molecule has 0 spiro atoms. The third kappa shape index (κ3) is 3.09. The average molecular weight is 261 g/mol. The molecule has 2 rings (SSSR count). The largest absolute Gasteiger partial charge is 0.444 e. The van der Waals surface area contributed by atoms with Crippen molar-refractivity contribution in [2.45, 2.75) is 58.7 Å². The van der Waals surface area contributed by atoms with Crippen LogP contribution in [0.25, 0.3) is 0 Å². The highest BCUT2D eigenvalue weighted by Gasteiger charge is 2.37. The lowest BCUT2D eigenvalue weighted by atomic mass is 9.86. The molecule has 1 aromatic carbocycles. The molecule has 1 aliphatic rings. The topological polar surface area (TPSA) is 29.5 Å². The second-order valence-electron chi connectivity index (χ2n) is 6.82. The number of nitrogens with zero attached hydrogens (tertiary/aromatic N) is 1. The summed E-state index contributed by atoms with van der Waals surface area (Å²) in [6, 6.07) is 8.30. The van der Waals surface area contributed by atoms with E-state index in [4.69, 9.17) is 4.74 Å². The minimum Gasteiger partial charge on any atom is -0.444 e. The van der Waals surface area contributed by atoms with Gasteiger partial charge in [0, 0.05) is 12.1 Å². The van der Waals surface area contributed by atoms with E-state index in [0.717, 1.165) is 6.42 Å². The molecule has 1 aliphatic heterocycles. The highest BCUT2D eigenvalue weighted by Crippen LogP contribution is 2.31. The van der Waals surface area contributed by atoms with Crippen molar-refractivity contribution < 1.29 is 9.53 Å². The Morgan fingerprint density at radius 2 is 1.79 bits per heavy atom. The van der Waals surface area contributed by atoms with Crippen molar-refractivity contribution in [2.75, 3.05) is 0 Å². The van der Waals surface area contributed by atoms with Crippen LogP contribution < -0.4 is 0 Å². The van der Waals surface area contributed by atoms with Crippen molar-refractivity contribution in [3.8, 4) is 0 Å². The molecule has 0 saturated carbocycles. The molecule has 0 aromatic heterocycles. The van der Waals surface area contributed by atoms with E-state index in [1.54, 1.807) is 0 Å². The third-order valence-corrected chi connectivity index (χ3v) is 3.41. The van der Waals surface area contributed by atoms with Crippen molar-refractivity contribution in [3.05, 3.63) is 35.4 Å². The van der Waals surface area contributed by atoms with Gasteiger partial charge in [0.1, 0.15) is 5.60 Å². The summed E-state index contributed by atoms with van der Waals surface area (Å²) in [6.07, 6.45) is 0.634. The lowest BCUT2D eigenvalue weighted by Crippen LogP contribution is -2.52. The van der Waals surface area contributed by atoms with E-state index in [1.165, 1.54) is 11.1 Å². The summed E-state index contributed by atoms with van der Waals surface area (Å²) in [7, 11) is 0. The summed E-state index contributed by atoms with van der Waals surface area (Å²) >= 11 is 0. The summed E-state index contributed by atoms with van der Waals surface area (Å²) in [5.74, 6) is 0. The Bertz CT molecular complexity index is 486. The van der Waals surface area contributed by atoms with Gasteiger partial charge >= 0.3 is 6.09 Å². The van der Waals surface area contributed by atoms with Gasteiger partial charge in [0.05, 0.1) is 0 Å². The molecule has 1 heterocycles. The minimum atomic E-state index is -0.454. The molecule has 0 atom stereocenters. The fraction of sp³-hybridized carbons (Fsp3) is 0.562. The highest BCUT2D eigenvalue weighted by atomic mass is 16.6. The Balaban J connectivity index is 2.25. The molecule has 0 saturated heterocycles. The zero-order valence-electron chi connectivity index (χ0n) is 12.5. The van der Waals surface area contributed by atoms with E-state index in [2.05, 4.69) is 32.0 Å². The fourth-order valence-corrected chi connectivity index (χ4v) is 2.46. The van der Waals surface area contributed by atoms with Crippen LogP contribution in [-0.2, 0) is 17.7 Å². The number of carbonyl (C=O) groups is 1. The maximum atomic E-state index is 12.3. The molecule has 0 aliphatic carbocycles. The summed E-state index contributed by atoms with van der Waals surface area (Å²) in [4.78, 5) is 14.2. The van der Waals surface area contributed by atoms with Crippen molar-refractivity contribution in [2.24, 2.45) is 0 Å². The van der Waals surface area contributed by atoms with E-state index < -0.39 is 5.60 Å². The first-order chi connectivity index (χ1) is 8.69. The number of ether oxygens (including phenoxy) is 1. The van der Waals surface area contributed by atoms with Crippen LogP contribution in [0.4, 0.5) is 4.79 Å². The van der Waals surface area contributed by atoms with Gasteiger partial charge in [-0.2, -0.15) is 0 Å². The van der Waals surface area contributed by atoms with Crippen molar-refractivity contribution in [1.82, 2.24) is 4.90 Å². The Morgan fingerprint density at radius 1 is 1.21 bits per heavy atom.